The van der Waals surface area contributed by atoms with Gasteiger partial charge in [-0.15, -0.1) is 0 Å². The summed E-state index contributed by atoms with van der Waals surface area (Å²) in [6.45, 7) is 0. The molecule has 0 amide bonds. The number of fused-ring (bicyclic) bond motifs is 10. The van der Waals surface area contributed by atoms with Crippen LogP contribution in [-0.4, -0.2) is 9.97 Å². The fourth-order valence-electron chi connectivity index (χ4n) is 9.09. The molecule has 5 aromatic carbocycles. The van der Waals surface area contributed by atoms with Crippen molar-refractivity contribution in [1.82, 2.24) is 9.97 Å². The molecule has 2 aliphatic carbocycles. The Balaban J connectivity index is 1.10. The van der Waals surface area contributed by atoms with Crippen LogP contribution >= 0.6 is 22.7 Å². The molecule has 2 aromatic heterocycles. The zero-order chi connectivity index (χ0) is 36.3. The van der Waals surface area contributed by atoms with Crippen LogP contribution in [0.5, 0.6) is 11.5 Å². The number of hydrogen-bond acceptors (Lipinski definition) is 12. The van der Waals surface area contributed by atoms with E-state index < -0.39 is 11.2 Å². The van der Waals surface area contributed by atoms with Gasteiger partial charge in [-0.3, -0.25) is 19.2 Å². The molecule has 0 saturated heterocycles. The van der Waals surface area contributed by atoms with E-state index in [9.17, 15) is 19.2 Å². The second-order valence-corrected chi connectivity index (χ2v) is 16.8. The highest BCUT2D eigenvalue weighted by molar-refractivity contribution is 7.19. The lowest BCUT2D eigenvalue weighted by atomic mass is 9.78. The van der Waals surface area contributed by atoms with E-state index in [2.05, 4.69) is 9.98 Å². The molecule has 4 aliphatic rings. The first-order chi connectivity index (χ1) is 26.3. The van der Waals surface area contributed by atoms with Gasteiger partial charge < -0.3 is 9.47 Å². The molecule has 2 aliphatic heterocycles. The van der Waals surface area contributed by atoms with Crippen LogP contribution in [0.15, 0.2) is 89.8 Å². The fraction of sp³-hybridized carbons (Fsp3) is 0.286. The van der Waals surface area contributed by atoms with E-state index in [1.54, 1.807) is 48.5 Å². The number of thiazole rings is 2. The topological polar surface area (TPSA) is 137 Å². The highest BCUT2D eigenvalue weighted by Crippen LogP contribution is 2.60. The third-order valence-corrected chi connectivity index (χ3v) is 13.7. The molecule has 12 heteroatoms. The van der Waals surface area contributed by atoms with Crippen molar-refractivity contribution < 1.29 is 9.47 Å². The molecule has 11 rings (SSSR count). The van der Waals surface area contributed by atoms with Gasteiger partial charge in [0.25, 0.3) is 0 Å². The third kappa shape index (κ3) is 4.49. The summed E-state index contributed by atoms with van der Waals surface area (Å²) in [5.74, 6) is 1.39. The monoisotopic (exact) mass is 750 g/mol. The highest BCUT2D eigenvalue weighted by atomic mass is 32.1. The molecule has 0 radical (unpaired) electrons. The van der Waals surface area contributed by atoms with Crippen LogP contribution in [-0.2, 0) is 11.2 Å². The molecule has 2 saturated carbocycles. The Bertz CT molecular complexity index is 2770. The SMILES string of the molecule is O=c1c(=Nc2nc3c(s2)-c2cc4c(cc2OC32CCCCC2)-c2sc(N=c3c(=O)c5ccccc5c3=O)nc2C2(CCCCC2)O4)c(=O)c2ccccc12. The lowest BCUT2D eigenvalue weighted by Gasteiger charge is -2.42. The van der Waals surface area contributed by atoms with Gasteiger partial charge >= 0.3 is 0 Å². The van der Waals surface area contributed by atoms with Gasteiger partial charge in [-0.25, -0.2) is 20.0 Å². The molecule has 4 heterocycles. The molecule has 0 atom stereocenters. The summed E-state index contributed by atoms with van der Waals surface area (Å²) in [5.41, 5.74) is 0.347. The van der Waals surface area contributed by atoms with Crippen LogP contribution in [0.2, 0.25) is 0 Å². The van der Waals surface area contributed by atoms with Gasteiger partial charge in [0.05, 0.1) is 9.75 Å². The highest BCUT2D eigenvalue weighted by Gasteiger charge is 2.48. The summed E-state index contributed by atoms with van der Waals surface area (Å²) in [5, 5.41) is 1.92. The van der Waals surface area contributed by atoms with Gasteiger partial charge in [-0.05, 0) is 63.5 Å². The van der Waals surface area contributed by atoms with Crippen molar-refractivity contribution in [1.29, 1.82) is 0 Å². The van der Waals surface area contributed by atoms with E-state index >= 15 is 0 Å². The fourth-order valence-corrected chi connectivity index (χ4v) is 11.2. The second kappa shape index (κ2) is 11.5. The van der Waals surface area contributed by atoms with Crippen LogP contribution < -0.4 is 41.9 Å². The first kappa shape index (κ1) is 32.0. The smallest absolute Gasteiger partial charge is 0.216 e. The molecule has 0 unspecified atom stereocenters. The summed E-state index contributed by atoms with van der Waals surface area (Å²) >= 11 is 2.73. The molecule has 2 fully saturated rings. The summed E-state index contributed by atoms with van der Waals surface area (Å²) in [6.07, 6.45) is 9.19. The molecular weight excluding hydrogens is 721 g/mol. The Morgan fingerprint density at radius 3 is 1.22 bits per heavy atom. The largest absolute Gasteiger partial charge is 0.480 e. The summed E-state index contributed by atoms with van der Waals surface area (Å²) < 4.78 is 14.1. The number of benzene rings is 3. The molecule has 0 N–H and O–H groups in total. The van der Waals surface area contributed by atoms with Gasteiger partial charge in [-0.2, -0.15) is 0 Å². The second-order valence-electron chi connectivity index (χ2n) is 14.8. The van der Waals surface area contributed by atoms with E-state index in [0.717, 1.165) is 96.5 Å². The van der Waals surface area contributed by atoms with Crippen molar-refractivity contribution in [3.05, 3.63) is 124 Å². The van der Waals surface area contributed by atoms with Crippen molar-refractivity contribution in [2.45, 2.75) is 75.4 Å². The first-order valence-electron chi connectivity index (χ1n) is 18.5. The third-order valence-electron chi connectivity index (χ3n) is 11.7. The van der Waals surface area contributed by atoms with E-state index in [1.807, 2.05) is 12.1 Å². The van der Waals surface area contributed by atoms with Gasteiger partial charge in [0.1, 0.15) is 22.9 Å². The lowest BCUT2D eigenvalue weighted by molar-refractivity contribution is 0.0164. The quantitative estimate of drug-likeness (QED) is 0.184. The number of hydrogen-bond donors (Lipinski definition) is 0. The van der Waals surface area contributed by atoms with Gasteiger partial charge in [0, 0.05) is 32.7 Å². The first-order valence-corrected chi connectivity index (χ1v) is 20.1. The molecule has 0 bridgehead atoms. The zero-order valence-electron chi connectivity index (χ0n) is 28.9. The maximum atomic E-state index is 13.3. The van der Waals surface area contributed by atoms with Crippen LogP contribution in [0.25, 0.3) is 42.4 Å². The Hall–Kier alpha value is -5.46. The summed E-state index contributed by atoms with van der Waals surface area (Å²) in [6, 6.07) is 17.7. The zero-order valence-corrected chi connectivity index (χ0v) is 30.5. The Morgan fingerprint density at radius 1 is 0.519 bits per heavy atom. The van der Waals surface area contributed by atoms with Gasteiger partial charge in [-0.1, -0.05) is 84.0 Å². The van der Waals surface area contributed by atoms with Crippen molar-refractivity contribution in [2.24, 2.45) is 9.98 Å². The average Bonchev–Trinajstić information content (AvgIpc) is 3.95. The van der Waals surface area contributed by atoms with Gasteiger partial charge in [0.15, 0.2) is 21.9 Å². The average molecular weight is 751 g/mol. The Morgan fingerprint density at radius 2 is 0.870 bits per heavy atom. The van der Waals surface area contributed by atoms with Crippen LogP contribution in [0.4, 0.5) is 10.3 Å². The molecule has 7 aromatic rings. The van der Waals surface area contributed by atoms with E-state index in [1.165, 1.54) is 22.7 Å². The van der Waals surface area contributed by atoms with Crippen LogP contribution in [0, 0.1) is 0 Å². The van der Waals surface area contributed by atoms with Crippen LogP contribution in [0.1, 0.15) is 75.6 Å². The van der Waals surface area contributed by atoms with Crippen molar-refractivity contribution in [2.75, 3.05) is 0 Å². The Labute approximate surface area is 314 Å². The molecular formula is C42H30N4O6S2. The van der Waals surface area contributed by atoms with Crippen molar-refractivity contribution in [3.63, 3.8) is 0 Å². The Kier molecular flexibility index (Phi) is 6.83. The lowest BCUT2D eigenvalue weighted by Crippen LogP contribution is -2.39. The minimum absolute atomic E-state index is 0.115. The summed E-state index contributed by atoms with van der Waals surface area (Å²) in [4.78, 5) is 74.2. The molecule has 10 nitrogen and oxygen atoms in total. The van der Waals surface area contributed by atoms with Gasteiger partial charge in [0.2, 0.25) is 32.0 Å². The number of rotatable bonds is 2. The van der Waals surface area contributed by atoms with E-state index in [-0.39, 0.29) is 32.4 Å². The number of ether oxygens (including phenoxy) is 2. The van der Waals surface area contributed by atoms with E-state index in [4.69, 9.17) is 19.4 Å². The normalized spacial score (nSPS) is 17.8. The maximum absolute atomic E-state index is 13.3. The number of nitrogens with zero attached hydrogens (tertiary/aromatic N) is 4. The van der Waals surface area contributed by atoms with Crippen molar-refractivity contribution >= 4 is 54.5 Å². The predicted molar refractivity (Wildman–Crippen MR) is 208 cm³/mol. The maximum Gasteiger partial charge on any atom is 0.216 e. The van der Waals surface area contributed by atoms with Crippen molar-refractivity contribution in [3.8, 4) is 32.4 Å². The number of aromatic nitrogens is 2. The molecule has 2 spiro atoms. The minimum Gasteiger partial charge on any atom is -0.480 e. The summed E-state index contributed by atoms with van der Waals surface area (Å²) in [7, 11) is 0. The molecule has 266 valence electrons. The van der Waals surface area contributed by atoms with Crippen LogP contribution in [0.3, 0.4) is 0 Å². The predicted octanol–water partition coefficient (Wildman–Crippen LogP) is 7.00. The van der Waals surface area contributed by atoms with E-state index in [0.29, 0.717) is 43.3 Å². The standard InChI is InChI=1S/C42H30N4O6S2/c47-31-21-11-3-4-12-22(21)32(48)29(31)43-39-45-37-35(53-39)25-20-28-26(19-27(25)51-41(37)15-7-1-8-16-41)36-38(42(52-28)17-9-2-10-18-42)46-40(54-36)44-30-33(49)23-13-5-6-14-24(23)34(30)50/h3-6,11-14,19-20H,1-2,7-10,15-18H2. The molecule has 54 heavy (non-hydrogen) atoms. The minimum atomic E-state index is -0.678.